The highest BCUT2D eigenvalue weighted by Crippen LogP contribution is 2.22. The maximum Gasteiger partial charge on any atom is 0.410 e. The predicted octanol–water partition coefficient (Wildman–Crippen LogP) is 1.45. The van der Waals surface area contributed by atoms with Crippen LogP contribution >= 0.6 is 0 Å². The molecule has 0 radical (unpaired) electrons. The van der Waals surface area contributed by atoms with Crippen LogP contribution in [0, 0.1) is 17.8 Å². The second-order valence-corrected chi connectivity index (χ2v) is 20.3. The topological polar surface area (TPSA) is 325 Å². The summed E-state index contributed by atoms with van der Waals surface area (Å²) in [5, 5.41) is 28.2. The van der Waals surface area contributed by atoms with Crippen LogP contribution in [-0.2, 0) is 57.6 Å². The average molecular weight is 1010 g/mol. The number of imidazole rings is 2. The number of benzene rings is 1. The van der Waals surface area contributed by atoms with Crippen LogP contribution in [0.2, 0.25) is 0 Å². The number of nitrogens with two attached hydrogens (primary N) is 1. The van der Waals surface area contributed by atoms with Crippen LogP contribution in [-0.4, -0.2) is 138 Å². The molecule has 0 aliphatic carbocycles. The Morgan fingerprint density at radius 3 is 1.88 bits per heavy atom. The second-order valence-electron chi connectivity index (χ2n) is 20.3. The van der Waals surface area contributed by atoms with E-state index in [1.165, 1.54) is 29.9 Å². The van der Waals surface area contributed by atoms with Gasteiger partial charge in [-0.2, -0.15) is 0 Å². The number of aliphatic hydroxyl groups excluding tert-OH is 1. The van der Waals surface area contributed by atoms with Crippen molar-refractivity contribution < 1.29 is 48.2 Å². The summed E-state index contributed by atoms with van der Waals surface area (Å²) in [7, 11) is 0. The number of carbonyl (C=O) groups excluding carboxylic acids is 8. The lowest BCUT2D eigenvalue weighted by Gasteiger charge is -2.31. The van der Waals surface area contributed by atoms with Gasteiger partial charge in [0.1, 0.15) is 41.9 Å². The first-order valence-corrected chi connectivity index (χ1v) is 24.7. The highest BCUT2D eigenvalue weighted by molar-refractivity contribution is 5.95. The van der Waals surface area contributed by atoms with E-state index in [9.17, 15) is 43.5 Å². The molecule has 0 saturated carbocycles. The zero-order chi connectivity index (χ0) is 53.3. The molecular weight excluding hydrogens is 929 g/mol. The first-order chi connectivity index (χ1) is 34.0. The lowest BCUT2D eigenvalue weighted by Crippen LogP contribution is -2.60. The Morgan fingerprint density at radius 1 is 0.764 bits per heavy atom. The van der Waals surface area contributed by atoms with E-state index in [-0.39, 0.29) is 31.6 Å². The monoisotopic (exact) mass is 1000 g/mol. The van der Waals surface area contributed by atoms with Crippen LogP contribution in [0.3, 0.4) is 0 Å². The molecule has 22 heteroatoms. The number of likely N-dealkylation sites (tertiary alicyclic amines) is 1. The molecule has 72 heavy (non-hydrogen) atoms. The third-order valence-electron chi connectivity index (χ3n) is 12.3. The Kier molecular flexibility index (Phi) is 21.7. The minimum atomic E-state index is -1.47. The first-order valence-electron chi connectivity index (χ1n) is 24.7. The van der Waals surface area contributed by atoms with Crippen LogP contribution in [0.5, 0.6) is 0 Å². The molecule has 1 aliphatic rings. The number of carbonyl (C=O) groups is 8. The number of H-pyrrole nitrogens is 2. The molecule has 0 bridgehead atoms. The van der Waals surface area contributed by atoms with Gasteiger partial charge < -0.3 is 57.4 Å². The molecule has 8 amide bonds. The summed E-state index contributed by atoms with van der Waals surface area (Å²) in [6.07, 6.45) is 4.77. The van der Waals surface area contributed by atoms with E-state index in [1.54, 1.807) is 65.8 Å². The Labute approximate surface area is 421 Å². The Bertz CT molecular complexity index is 2250. The van der Waals surface area contributed by atoms with Crippen LogP contribution in [0.15, 0.2) is 55.4 Å². The largest absolute Gasteiger partial charge is 0.444 e. The molecule has 1 fully saturated rings. The Morgan fingerprint density at radius 2 is 1.33 bits per heavy atom. The van der Waals surface area contributed by atoms with E-state index in [4.69, 9.17) is 10.5 Å². The molecule has 22 nitrogen and oxygen atoms in total. The minimum absolute atomic E-state index is 0.0429. The van der Waals surface area contributed by atoms with Gasteiger partial charge in [-0.3, -0.25) is 38.5 Å². The van der Waals surface area contributed by atoms with Gasteiger partial charge in [-0.05, 0) is 63.4 Å². The smallest absolute Gasteiger partial charge is 0.410 e. The Hall–Kier alpha value is -6.84. The molecule has 3 aromatic rings. The number of hydrogen-bond acceptors (Lipinski definition) is 12. The molecule has 1 aliphatic heterocycles. The van der Waals surface area contributed by atoms with Crippen molar-refractivity contribution in [1.82, 2.24) is 56.7 Å². The molecule has 1 saturated heterocycles. The van der Waals surface area contributed by atoms with E-state index in [0.717, 1.165) is 5.56 Å². The van der Waals surface area contributed by atoms with Crippen molar-refractivity contribution in [2.24, 2.45) is 23.5 Å². The molecule has 4 rings (SSSR count). The number of hydrogen-bond donors (Lipinski definition) is 10. The highest BCUT2D eigenvalue weighted by atomic mass is 16.6. The van der Waals surface area contributed by atoms with E-state index in [0.29, 0.717) is 37.2 Å². The van der Waals surface area contributed by atoms with Crippen molar-refractivity contribution in [3.05, 3.63) is 72.3 Å². The summed E-state index contributed by atoms with van der Waals surface area (Å²) in [5.74, 6) is -5.75. The maximum atomic E-state index is 14.4. The van der Waals surface area contributed by atoms with Gasteiger partial charge in [-0.15, -0.1) is 0 Å². The lowest BCUT2D eigenvalue weighted by atomic mass is 9.95. The normalized spacial score (nSPS) is 17.1. The third-order valence-corrected chi connectivity index (χ3v) is 12.3. The van der Waals surface area contributed by atoms with E-state index >= 15 is 0 Å². The summed E-state index contributed by atoms with van der Waals surface area (Å²) >= 11 is 0. The number of aromatic nitrogens is 4. The molecule has 0 unspecified atom stereocenters. The van der Waals surface area contributed by atoms with Crippen LogP contribution in [0.4, 0.5) is 4.79 Å². The van der Waals surface area contributed by atoms with E-state index in [1.807, 2.05) is 26.8 Å². The van der Waals surface area contributed by atoms with Gasteiger partial charge in [-0.25, -0.2) is 14.8 Å². The molecule has 396 valence electrons. The van der Waals surface area contributed by atoms with E-state index < -0.39 is 120 Å². The summed E-state index contributed by atoms with van der Waals surface area (Å²) in [6.45, 7) is 16.2. The number of nitrogens with zero attached hydrogens (tertiary/aromatic N) is 3. The number of aromatic amines is 2. The van der Waals surface area contributed by atoms with Crippen LogP contribution in [0.1, 0.15) is 111 Å². The number of aliphatic hydroxyl groups is 1. The van der Waals surface area contributed by atoms with Gasteiger partial charge in [0.25, 0.3) is 0 Å². The summed E-state index contributed by atoms with van der Waals surface area (Å²) in [6, 6.07) is 1.22. The Balaban J connectivity index is 1.50. The standard InChI is InChI=1S/C50H76N12O10/c1-10-30(6)42(48(70)57-35(43(51)65)21-32-24-52-26-54-32)61-47(69)41(29(4)5)60-40(64)23-39(63)34(19-28(2)3)56-45(67)37(22-33-25-53-27-55-33)58-44(66)36(20-31-15-12-11-13-16-31)59-46(68)38-17-14-18-62(38)49(71)72-50(7,8)9/h11-13,15-16,24-30,34-39,41-42,63H,10,14,17-23H2,1-9H3,(H2,51,65)(H,52,54)(H,53,55)(H,56,67)(H,57,70)(H,58,66)(H,59,68)(H,60,64)(H,61,69)/t30-,34-,35-,36-,37-,38-,39+,41-,42-/m0/s1. The predicted molar refractivity (Wildman–Crippen MR) is 266 cm³/mol. The maximum absolute atomic E-state index is 14.4. The number of nitrogens with one attached hydrogen (secondary N) is 8. The molecule has 2 aromatic heterocycles. The van der Waals surface area contributed by atoms with Crippen molar-refractivity contribution in [3.63, 3.8) is 0 Å². The number of rotatable bonds is 26. The van der Waals surface area contributed by atoms with Crippen molar-refractivity contribution in [3.8, 4) is 0 Å². The van der Waals surface area contributed by atoms with Crippen molar-refractivity contribution in [1.29, 1.82) is 0 Å². The average Bonchev–Trinajstić information content (AvgIpc) is 4.13. The lowest BCUT2D eigenvalue weighted by molar-refractivity contribution is -0.135. The van der Waals surface area contributed by atoms with Crippen molar-refractivity contribution in [2.75, 3.05) is 6.54 Å². The fraction of sp³-hybridized carbons (Fsp3) is 0.600. The van der Waals surface area contributed by atoms with Crippen LogP contribution in [0.25, 0.3) is 0 Å². The summed E-state index contributed by atoms with van der Waals surface area (Å²) in [5.41, 5.74) is 6.58. The second kappa shape index (κ2) is 27.1. The molecule has 9 atom stereocenters. The molecule has 0 spiro atoms. The van der Waals surface area contributed by atoms with Gasteiger partial charge in [0.2, 0.25) is 41.4 Å². The van der Waals surface area contributed by atoms with Gasteiger partial charge in [-0.1, -0.05) is 78.3 Å². The fourth-order valence-electron chi connectivity index (χ4n) is 8.25. The summed E-state index contributed by atoms with van der Waals surface area (Å²) < 4.78 is 5.56. The number of amides is 8. The van der Waals surface area contributed by atoms with Crippen LogP contribution < -0.4 is 37.6 Å². The van der Waals surface area contributed by atoms with Crippen molar-refractivity contribution >= 4 is 47.4 Å². The minimum Gasteiger partial charge on any atom is -0.444 e. The molecular formula is C50H76N12O10. The molecule has 3 heterocycles. The van der Waals surface area contributed by atoms with Gasteiger partial charge in [0.15, 0.2) is 0 Å². The quantitative estimate of drug-likeness (QED) is 0.0547. The van der Waals surface area contributed by atoms with Crippen molar-refractivity contribution in [2.45, 2.75) is 168 Å². The highest BCUT2D eigenvalue weighted by Gasteiger charge is 2.39. The fourth-order valence-corrected chi connectivity index (χ4v) is 8.25. The number of primary amides is 1. The SMILES string of the molecule is CC[C@H](C)[C@H](NC(=O)[C@@H](NC(=O)C[C@@H](O)[C@H](CC(C)C)NC(=O)[C@H](Cc1cnc[nH]1)NC(=O)[C@H](Cc1ccccc1)NC(=O)[C@@H]1CCCN1C(=O)OC(C)(C)C)C(C)C)C(=O)N[C@@H](Cc1cnc[nH]1)C(N)=O. The van der Waals surface area contributed by atoms with E-state index in [2.05, 4.69) is 51.8 Å². The van der Waals surface area contributed by atoms with Gasteiger partial charge in [0, 0.05) is 49.6 Å². The summed E-state index contributed by atoms with van der Waals surface area (Å²) in [4.78, 5) is 124. The van der Waals surface area contributed by atoms with Gasteiger partial charge >= 0.3 is 6.09 Å². The zero-order valence-electron chi connectivity index (χ0n) is 43.0. The number of ether oxygens (including phenoxy) is 1. The zero-order valence-corrected chi connectivity index (χ0v) is 43.0. The molecule has 11 N–H and O–H groups in total. The van der Waals surface area contributed by atoms with Gasteiger partial charge in [0.05, 0.1) is 31.2 Å². The molecule has 1 aromatic carbocycles. The first kappa shape index (κ1) is 57.7. The third kappa shape index (κ3) is 18.1.